The Labute approximate surface area is 122 Å². The van der Waals surface area contributed by atoms with E-state index in [-0.39, 0.29) is 0 Å². The molecule has 0 amide bonds. The monoisotopic (exact) mass is 325 g/mol. The molecular formula is C15H20BrNO2. The van der Waals surface area contributed by atoms with Gasteiger partial charge in [-0.1, -0.05) is 15.9 Å². The van der Waals surface area contributed by atoms with E-state index in [1.165, 1.54) is 11.1 Å². The van der Waals surface area contributed by atoms with Crippen molar-refractivity contribution in [2.24, 2.45) is 5.92 Å². The lowest BCUT2D eigenvalue weighted by Gasteiger charge is -2.31. The zero-order chi connectivity index (χ0) is 13.2. The van der Waals surface area contributed by atoms with E-state index in [1.54, 1.807) is 0 Å². The maximum absolute atomic E-state index is 5.81. The summed E-state index contributed by atoms with van der Waals surface area (Å²) in [5, 5.41) is 3.42. The standard InChI is InChI=1S/C15H20BrNO2/c1-17-14-3-4-18-9-12(14)6-11-8-13(16)7-10-2-5-19-15(10)11/h7-8,12,14,17H,2-6,9H2,1H3. The Bertz CT molecular complexity index is 464. The average Bonchev–Trinajstić information content (AvgIpc) is 2.87. The number of fused-ring (bicyclic) bond motifs is 1. The molecule has 1 saturated heterocycles. The molecule has 0 aromatic heterocycles. The third-order valence-corrected chi connectivity index (χ3v) is 4.61. The van der Waals surface area contributed by atoms with E-state index in [9.17, 15) is 0 Å². The van der Waals surface area contributed by atoms with Crippen LogP contribution in [0.25, 0.3) is 0 Å². The van der Waals surface area contributed by atoms with Gasteiger partial charge in [-0.25, -0.2) is 0 Å². The van der Waals surface area contributed by atoms with E-state index in [4.69, 9.17) is 9.47 Å². The van der Waals surface area contributed by atoms with Crippen molar-refractivity contribution in [3.05, 3.63) is 27.7 Å². The molecule has 3 nitrogen and oxygen atoms in total. The number of ether oxygens (including phenoxy) is 2. The lowest BCUT2D eigenvalue weighted by Crippen LogP contribution is -2.41. The Kier molecular flexibility index (Phi) is 4.10. The van der Waals surface area contributed by atoms with Crippen molar-refractivity contribution in [1.29, 1.82) is 0 Å². The summed E-state index contributed by atoms with van der Waals surface area (Å²) < 4.78 is 12.6. The molecule has 0 bridgehead atoms. The minimum absolute atomic E-state index is 0.529. The van der Waals surface area contributed by atoms with Gasteiger partial charge in [-0.2, -0.15) is 0 Å². The Morgan fingerprint density at radius 1 is 1.37 bits per heavy atom. The van der Waals surface area contributed by atoms with Crippen LogP contribution >= 0.6 is 15.9 Å². The lowest BCUT2D eigenvalue weighted by atomic mass is 9.88. The van der Waals surface area contributed by atoms with Gasteiger partial charge in [-0.15, -0.1) is 0 Å². The van der Waals surface area contributed by atoms with Crippen molar-refractivity contribution in [2.75, 3.05) is 26.9 Å². The molecule has 19 heavy (non-hydrogen) atoms. The van der Waals surface area contributed by atoms with Gasteiger partial charge in [0, 0.05) is 29.5 Å². The first-order valence-corrected chi connectivity index (χ1v) is 7.76. The number of hydrogen-bond acceptors (Lipinski definition) is 3. The van der Waals surface area contributed by atoms with Crippen LogP contribution in [0.5, 0.6) is 5.75 Å². The summed E-state index contributed by atoms with van der Waals surface area (Å²) >= 11 is 3.61. The van der Waals surface area contributed by atoms with E-state index in [1.807, 2.05) is 7.05 Å². The van der Waals surface area contributed by atoms with Crippen molar-refractivity contribution in [3.63, 3.8) is 0 Å². The van der Waals surface area contributed by atoms with E-state index < -0.39 is 0 Å². The van der Waals surface area contributed by atoms with Crippen LogP contribution in [0, 0.1) is 5.92 Å². The number of nitrogens with one attached hydrogen (secondary N) is 1. The summed E-state index contributed by atoms with van der Waals surface area (Å²) in [5.74, 6) is 1.64. The third kappa shape index (κ3) is 2.81. The van der Waals surface area contributed by atoms with Gasteiger partial charge in [0.25, 0.3) is 0 Å². The second-order valence-corrected chi connectivity index (χ2v) is 6.29. The quantitative estimate of drug-likeness (QED) is 0.926. The summed E-state index contributed by atoms with van der Waals surface area (Å²) in [6.45, 7) is 2.53. The van der Waals surface area contributed by atoms with E-state index >= 15 is 0 Å². The normalized spacial score (nSPS) is 26.0. The zero-order valence-electron chi connectivity index (χ0n) is 11.2. The highest BCUT2D eigenvalue weighted by Gasteiger charge is 2.27. The summed E-state index contributed by atoms with van der Waals surface area (Å²) in [7, 11) is 2.05. The van der Waals surface area contributed by atoms with Crippen LogP contribution in [0.1, 0.15) is 17.5 Å². The number of benzene rings is 1. The Balaban J connectivity index is 1.82. The molecule has 0 spiro atoms. The first-order valence-electron chi connectivity index (χ1n) is 6.97. The molecule has 0 saturated carbocycles. The molecule has 1 aromatic rings. The lowest BCUT2D eigenvalue weighted by molar-refractivity contribution is 0.0340. The summed E-state index contributed by atoms with van der Waals surface area (Å²) in [4.78, 5) is 0. The highest BCUT2D eigenvalue weighted by Crippen LogP contribution is 2.35. The maximum Gasteiger partial charge on any atom is 0.125 e. The molecule has 0 radical (unpaired) electrons. The van der Waals surface area contributed by atoms with Gasteiger partial charge < -0.3 is 14.8 Å². The van der Waals surface area contributed by atoms with Crippen LogP contribution < -0.4 is 10.1 Å². The molecular weight excluding hydrogens is 306 g/mol. The molecule has 1 aromatic carbocycles. The molecule has 0 aliphatic carbocycles. The predicted octanol–water partition coefficient (Wildman–Crippen LogP) is 2.55. The van der Waals surface area contributed by atoms with E-state index in [0.717, 1.165) is 49.3 Å². The Hall–Kier alpha value is -0.580. The van der Waals surface area contributed by atoms with Gasteiger partial charge in [-0.05, 0) is 43.1 Å². The van der Waals surface area contributed by atoms with E-state index in [0.29, 0.717) is 12.0 Å². The fourth-order valence-corrected chi connectivity index (χ4v) is 3.71. The molecule has 104 valence electrons. The second kappa shape index (κ2) is 5.81. The summed E-state index contributed by atoms with van der Waals surface area (Å²) in [6, 6.07) is 4.93. The van der Waals surface area contributed by atoms with Crippen LogP contribution in [0.15, 0.2) is 16.6 Å². The van der Waals surface area contributed by atoms with Crippen molar-refractivity contribution >= 4 is 15.9 Å². The van der Waals surface area contributed by atoms with Gasteiger partial charge >= 0.3 is 0 Å². The second-order valence-electron chi connectivity index (χ2n) is 5.37. The summed E-state index contributed by atoms with van der Waals surface area (Å²) in [6.07, 6.45) is 3.14. The molecule has 1 fully saturated rings. The van der Waals surface area contributed by atoms with Gasteiger partial charge in [-0.3, -0.25) is 0 Å². The fourth-order valence-electron chi connectivity index (χ4n) is 3.16. The third-order valence-electron chi connectivity index (χ3n) is 4.15. The predicted molar refractivity (Wildman–Crippen MR) is 78.8 cm³/mol. The minimum atomic E-state index is 0.529. The van der Waals surface area contributed by atoms with Crippen molar-refractivity contribution in [3.8, 4) is 5.75 Å². The van der Waals surface area contributed by atoms with Crippen LogP contribution in [-0.2, 0) is 17.6 Å². The fraction of sp³-hybridized carbons (Fsp3) is 0.600. The number of rotatable bonds is 3. The van der Waals surface area contributed by atoms with Crippen molar-refractivity contribution in [2.45, 2.75) is 25.3 Å². The SMILES string of the molecule is CNC1CCOCC1Cc1cc(Br)cc2c1OCC2. The molecule has 4 heteroatoms. The Morgan fingerprint density at radius 2 is 2.26 bits per heavy atom. The zero-order valence-corrected chi connectivity index (χ0v) is 12.8. The topological polar surface area (TPSA) is 30.5 Å². The Morgan fingerprint density at radius 3 is 3.11 bits per heavy atom. The van der Waals surface area contributed by atoms with Gasteiger partial charge in [0.1, 0.15) is 5.75 Å². The van der Waals surface area contributed by atoms with Crippen LogP contribution in [0.2, 0.25) is 0 Å². The van der Waals surface area contributed by atoms with Gasteiger partial charge in [0.2, 0.25) is 0 Å². The average molecular weight is 326 g/mol. The molecule has 2 unspecified atom stereocenters. The molecule has 2 aliphatic rings. The number of halogens is 1. The van der Waals surface area contributed by atoms with Crippen molar-refractivity contribution in [1.82, 2.24) is 5.32 Å². The van der Waals surface area contributed by atoms with Crippen LogP contribution in [0.4, 0.5) is 0 Å². The summed E-state index contributed by atoms with van der Waals surface area (Å²) in [5.41, 5.74) is 2.65. The highest BCUT2D eigenvalue weighted by atomic mass is 79.9. The molecule has 2 heterocycles. The van der Waals surface area contributed by atoms with Crippen LogP contribution in [-0.4, -0.2) is 32.9 Å². The van der Waals surface area contributed by atoms with Crippen LogP contribution in [0.3, 0.4) is 0 Å². The highest BCUT2D eigenvalue weighted by molar-refractivity contribution is 9.10. The molecule has 2 aliphatic heterocycles. The molecule has 1 N–H and O–H groups in total. The largest absolute Gasteiger partial charge is 0.493 e. The molecule has 3 rings (SSSR count). The minimum Gasteiger partial charge on any atom is -0.493 e. The molecule has 2 atom stereocenters. The van der Waals surface area contributed by atoms with Gasteiger partial charge in [0.05, 0.1) is 13.2 Å². The van der Waals surface area contributed by atoms with Gasteiger partial charge in [0.15, 0.2) is 0 Å². The van der Waals surface area contributed by atoms with E-state index in [2.05, 4.69) is 33.4 Å². The maximum atomic E-state index is 5.81. The van der Waals surface area contributed by atoms with Crippen molar-refractivity contribution < 1.29 is 9.47 Å². The first-order chi connectivity index (χ1) is 9.28. The number of hydrogen-bond donors (Lipinski definition) is 1. The first kappa shape index (κ1) is 13.4. The smallest absolute Gasteiger partial charge is 0.125 e.